The maximum absolute atomic E-state index is 12.1. The summed E-state index contributed by atoms with van der Waals surface area (Å²) in [7, 11) is 0. The Balaban J connectivity index is 1.97. The molecule has 1 heterocycles. The standard InChI is InChI=1S/C16H24N2O2/c1-2-8-20-12-16(19)18-10-14(9-17)15(11-18)13-6-4-3-5-7-13/h3-7,14-15H,2,8-12,17H2,1H3/t14-,15+/m1/s1. The first-order valence-corrected chi connectivity index (χ1v) is 7.36. The van der Waals surface area contributed by atoms with Gasteiger partial charge in [0, 0.05) is 25.6 Å². The molecule has 0 aromatic heterocycles. The molecule has 0 aliphatic carbocycles. The SMILES string of the molecule is CCCOCC(=O)N1C[C@@H](CN)[C@H](c2ccccc2)C1. The van der Waals surface area contributed by atoms with Gasteiger partial charge in [-0.3, -0.25) is 4.79 Å². The van der Waals surface area contributed by atoms with Gasteiger partial charge in [0.05, 0.1) is 0 Å². The minimum absolute atomic E-state index is 0.0790. The molecule has 0 radical (unpaired) electrons. The van der Waals surface area contributed by atoms with Crippen molar-refractivity contribution in [3.8, 4) is 0 Å². The molecule has 0 saturated carbocycles. The van der Waals surface area contributed by atoms with Gasteiger partial charge >= 0.3 is 0 Å². The van der Waals surface area contributed by atoms with Gasteiger partial charge in [-0.25, -0.2) is 0 Å². The van der Waals surface area contributed by atoms with Gasteiger partial charge in [0.25, 0.3) is 0 Å². The van der Waals surface area contributed by atoms with Gasteiger partial charge in [0.15, 0.2) is 0 Å². The van der Waals surface area contributed by atoms with E-state index in [9.17, 15) is 4.79 Å². The average molecular weight is 276 g/mol. The van der Waals surface area contributed by atoms with Crippen LogP contribution in [0.3, 0.4) is 0 Å². The first-order chi connectivity index (χ1) is 9.76. The largest absolute Gasteiger partial charge is 0.372 e. The lowest BCUT2D eigenvalue weighted by molar-refractivity contribution is -0.135. The minimum Gasteiger partial charge on any atom is -0.372 e. The molecule has 20 heavy (non-hydrogen) atoms. The van der Waals surface area contributed by atoms with Crippen LogP contribution >= 0.6 is 0 Å². The fraction of sp³-hybridized carbons (Fsp3) is 0.562. The summed E-state index contributed by atoms with van der Waals surface area (Å²) in [6.07, 6.45) is 0.936. The molecule has 1 aromatic carbocycles. The second kappa shape index (κ2) is 7.41. The molecule has 2 atom stereocenters. The van der Waals surface area contributed by atoms with Crippen LogP contribution in [0.15, 0.2) is 30.3 Å². The van der Waals surface area contributed by atoms with Crippen molar-refractivity contribution >= 4 is 5.91 Å². The molecular formula is C16H24N2O2. The van der Waals surface area contributed by atoms with Crippen molar-refractivity contribution in [1.29, 1.82) is 0 Å². The van der Waals surface area contributed by atoms with Gasteiger partial charge in [0.2, 0.25) is 5.91 Å². The Morgan fingerprint density at radius 3 is 2.75 bits per heavy atom. The lowest BCUT2D eigenvalue weighted by Crippen LogP contribution is -2.33. The Hall–Kier alpha value is -1.39. The lowest BCUT2D eigenvalue weighted by Gasteiger charge is -2.16. The van der Waals surface area contributed by atoms with Gasteiger partial charge in [-0.05, 0) is 24.4 Å². The zero-order valence-electron chi connectivity index (χ0n) is 12.1. The van der Waals surface area contributed by atoms with E-state index < -0.39 is 0 Å². The predicted molar refractivity (Wildman–Crippen MR) is 79.4 cm³/mol. The Kier molecular flexibility index (Phi) is 5.56. The third-order valence-corrected chi connectivity index (χ3v) is 3.90. The molecule has 1 aromatic rings. The Morgan fingerprint density at radius 2 is 2.10 bits per heavy atom. The predicted octanol–water partition coefficient (Wildman–Crippen LogP) is 1.61. The number of nitrogens with zero attached hydrogens (tertiary/aromatic N) is 1. The van der Waals surface area contributed by atoms with Crippen molar-refractivity contribution in [2.24, 2.45) is 11.7 Å². The number of benzene rings is 1. The summed E-state index contributed by atoms with van der Waals surface area (Å²) in [6.45, 7) is 4.97. The number of rotatable bonds is 6. The number of ether oxygens (including phenoxy) is 1. The van der Waals surface area contributed by atoms with Crippen LogP contribution < -0.4 is 5.73 Å². The monoisotopic (exact) mass is 276 g/mol. The van der Waals surface area contributed by atoms with E-state index >= 15 is 0 Å². The van der Waals surface area contributed by atoms with Crippen molar-refractivity contribution in [2.45, 2.75) is 19.3 Å². The molecule has 0 unspecified atom stereocenters. The molecule has 1 saturated heterocycles. The van der Waals surface area contributed by atoms with Crippen molar-refractivity contribution in [3.05, 3.63) is 35.9 Å². The normalized spacial score (nSPS) is 22.2. The van der Waals surface area contributed by atoms with Crippen LogP contribution in [0.5, 0.6) is 0 Å². The highest BCUT2D eigenvalue weighted by molar-refractivity contribution is 5.78. The summed E-state index contributed by atoms with van der Waals surface area (Å²) in [6, 6.07) is 10.3. The highest BCUT2D eigenvalue weighted by atomic mass is 16.5. The molecule has 4 heteroatoms. The van der Waals surface area contributed by atoms with E-state index in [0.717, 1.165) is 19.5 Å². The van der Waals surface area contributed by atoms with Crippen LogP contribution in [0.2, 0.25) is 0 Å². The smallest absolute Gasteiger partial charge is 0.248 e. The van der Waals surface area contributed by atoms with Crippen LogP contribution in [0.25, 0.3) is 0 Å². The van der Waals surface area contributed by atoms with Crippen molar-refractivity contribution in [3.63, 3.8) is 0 Å². The number of nitrogens with two attached hydrogens (primary N) is 1. The van der Waals surface area contributed by atoms with Crippen LogP contribution in [-0.4, -0.2) is 43.7 Å². The minimum atomic E-state index is 0.0790. The third kappa shape index (κ3) is 3.58. The Morgan fingerprint density at radius 1 is 1.35 bits per heavy atom. The van der Waals surface area contributed by atoms with Crippen molar-refractivity contribution < 1.29 is 9.53 Å². The molecule has 2 rings (SSSR count). The fourth-order valence-electron chi connectivity index (χ4n) is 2.79. The van der Waals surface area contributed by atoms with E-state index in [2.05, 4.69) is 12.1 Å². The number of carbonyl (C=O) groups is 1. The first-order valence-electron chi connectivity index (χ1n) is 7.36. The van der Waals surface area contributed by atoms with Crippen molar-refractivity contribution in [2.75, 3.05) is 32.8 Å². The van der Waals surface area contributed by atoms with Crippen LogP contribution in [0, 0.1) is 5.92 Å². The number of likely N-dealkylation sites (tertiary alicyclic amines) is 1. The molecule has 110 valence electrons. The van der Waals surface area contributed by atoms with E-state index in [4.69, 9.17) is 10.5 Å². The van der Waals surface area contributed by atoms with Crippen LogP contribution in [0.1, 0.15) is 24.8 Å². The Bertz CT molecular complexity index is 422. The quantitative estimate of drug-likeness (QED) is 0.803. The maximum atomic E-state index is 12.1. The van der Waals surface area contributed by atoms with Gasteiger partial charge in [-0.15, -0.1) is 0 Å². The summed E-state index contributed by atoms with van der Waals surface area (Å²) in [4.78, 5) is 14.0. The summed E-state index contributed by atoms with van der Waals surface area (Å²) in [5.74, 6) is 0.763. The number of hydrogen-bond acceptors (Lipinski definition) is 3. The summed E-state index contributed by atoms with van der Waals surface area (Å²) in [5, 5.41) is 0. The highest BCUT2D eigenvalue weighted by Crippen LogP contribution is 2.31. The zero-order chi connectivity index (χ0) is 14.4. The van der Waals surface area contributed by atoms with Crippen LogP contribution in [0.4, 0.5) is 0 Å². The molecule has 1 aliphatic rings. The van der Waals surface area contributed by atoms with E-state index in [1.165, 1.54) is 5.56 Å². The zero-order valence-corrected chi connectivity index (χ0v) is 12.1. The summed E-state index contributed by atoms with van der Waals surface area (Å²) in [5.41, 5.74) is 7.15. The van der Waals surface area contributed by atoms with Gasteiger partial charge in [0.1, 0.15) is 6.61 Å². The Labute approximate surface area is 120 Å². The number of hydrogen-bond donors (Lipinski definition) is 1. The van der Waals surface area contributed by atoms with E-state index in [1.807, 2.05) is 30.0 Å². The third-order valence-electron chi connectivity index (χ3n) is 3.90. The second-order valence-electron chi connectivity index (χ2n) is 5.36. The molecule has 1 aliphatic heterocycles. The first kappa shape index (κ1) is 15.0. The van der Waals surface area contributed by atoms with Gasteiger partial charge in [-0.2, -0.15) is 0 Å². The molecule has 1 amide bonds. The molecule has 0 bridgehead atoms. The second-order valence-corrected chi connectivity index (χ2v) is 5.36. The molecule has 4 nitrogen and oxygen atoms in total. The van der Waals surface area contributed by atoms with Crippen LogP contribution in [-0.2, 0) is 9.53 Å². The number of amides is 1. The molecule has 2 N–H and O–H groups in total. The fourth-order valence-corrected chi connectivity index (χ4v) is 2.79. The lowest BCUT2D eigenvalue weighted by atomic mass is 9.89. The number of carbonyl (C=O) groups excluding carboxylic acids is 1. The van der Waals surface area contributed by atoms with Gasteiger partial charge in [-0.1, -0.05) is 37.3 Å². The summed E-state index contributed by atoms with van der Waals surface area (Å²) >= 11 is 0. The topological polar surface area (TPSA) is 55.6 Å². The molecule has 0 spiro atoms. The van der Waals surface area contributed by atoms with E-state index in [1.54, 1.807) is 0 Å². The highest BCUT2D eigenvalue weighted by Gasteiger charge is 2.34. The molecular weight excluding hydrogens is 252 g/mol. The van der Waals surface area contributed by atoms with Crippen molar-refractivity contribution in [1.82, 2.24) is 4.90 Å². The average Bonchev–Trinajstić information content (AvgIpc) is 2.92. The van der Waals surface area contributed by atoms with E-state index in [-0.39, 0.29) is 12.5 Å². The van der Waals surface area contributed by atoms with Gasteiger partial charge < -0.3 is 15.4 Å². The molecule has 1 fully saturated rings. The van der Waals surface area contributed by atoms with E-state index in [0.29, 0.717) is 25.0 Å². The maximum Gasteiger partial charge on any atom is 0.248 e. The summed E-state index contributed by atoms with van der Waals surface area (Å²) < 4.78 is 5.34.